The van der Waals surface area contributed by atoms with Crippen LogP contribution in [0.15, 0.2) is 78.9 Å². The van der Waals surface area contributed by atoms with E-state index >= 15 is 0 Å². The second-order valence-electron chi connectivity index (χ2n) is 8.95. The van der Waals surface area contributed by atoms with Crippen molar-refractivity contribution in [2.45, 2.75) is 39.3 Å². The van der Waals surface area contributed by atoms with Crippen LogP contribution in [0.2, 0.25) is 0 Å². The molecule has 1 heterocycles. The zero-order chi connectivity index (χ0) is 25.0. The second kappa shape index (κ2) is 9.97. The Labute approximate surface area is 204 Å². The van der Waals surface area contributed by atoms with Gasteiger partial charge in [0.05, 0.1) is 11.0 Å². The van der Waals surface area contributed by atoms with Crippen LogP contribution in [-0.2, 0) is 11.3 Å². The average molecular weight is 469 g/mol. The van der Waals surface area contributed by atoms with Crippen LogP contribution in [0.25, 0.3) is 17.1 Å². The van der Waals surface area contributed by atoms with Gasteiger partial charge in [-0.25, -0.2) is 9.78 Å². The fourth-order valence-corrected chi connectivity index (χ4v) is 3.75. The first kappa shape index (κ1) is 24.0. The largest absolute Gasteiger partial charge is 0.478 e. The zero-order valence-electron chi connectivity index (χ0n) is 20.1. The summed E-state index contributed by atoms with van der Waals surface area (Å²) in [6, 6.07) is 22.6. The van der Waals surface area contributed by atoms with E-state index in [1.807, 2.05) is 84.3 Å². The Morgan fingerprint density at radius 3 is 2.51 bits per heavy atom. The van der Waals surface area contributed by atoms with Crippen molar-refractivity contribution in [3.05, 3.63) is 101 Å². The molecule has 178 valence electrons. The van der Waals surface area contributed by atoms with Gasteiger partial charge >= 0.3 is 5.97 Å². The van der Waals surface area contributed by atoms with Crippen LogP contribution in [0.5, 0.6) is 5.75 Å². The van der Waals surface area contributed by atoms with Crippen LogP contribution >= 0.6 is 0 Å². The summed E-state index contributed by atoms with van der Waals surface area (Å²) in [4.78, 5) is 29.2. The molecule has 0 saturated carbocycles. The van der Waals surface area contributed by atoms with Gasteiger partial charge in [0, 0.05) is 12.1 Å². The van der Waals surface area contributed by atoms with E-state index in [0.717, 1.165) is 22.2 Å². The molecule has 0 atom stereocenters. The van der Waals surface area contributed by atoms with Gasteiger partial charge in [-0.2, -0.15) is 0 Å². The van der Waals surface area contributed by atoms with Crippen molar-refractivity contribution in [2.75, 3.05) is 0 Å². The summed E-state index contributed by atoms with van der Waals surface area (Å²) >= 11 is 0. The number of aryl methyl sites for hydroxylation is 2. The molecule has 1 N–H and O–H groups in total. The van der Waals surface area contributed by atoms with Gasteiger partial charge in [-0.3, -0.25) is 4.79 Å². The van der Waals surface area contributed by atoms with Crippen molar-refractivity contribution in [1.29, 1.82) is 0 Å². The molecule has 0 radical (unpaired) electrons. The van der Waals surface area contributed by atoms with E-state index in [0.29, 0.717) is 30.1 Å². The van der Waals surface area contributed by atoms with E-state index in [1.165, 1.54) is 13.8 Å². The number of carboxylic acid groups (broad SMARTS) is 1. The van der Waals surface area contributed by atoms with Gasteiger partial charge in [0.2, 0.25) is 5.78 Å². The molecule has 0 unspecified atom stereocenters. The van der Waals surface area contributed by atoms with Gasteiger partial charge in [-0.1, -0.05) is 66.2 Å². The van der Waals surface area contributed by atoms with Crippen molar-refractivity contribution in [1.82, 2.24) is 9.55 Å². The Bertz CT molecular complexity index is 1400. The summed E-state index contributed by atoms with van der Waals surface area (Å²) in [5.41, 5.74) is 3.01. The van der Waals surface area contributed by atoms with Crippen molar-refractivity contribution in [2.24, 2.45) is 0 Å². The van der Waals surface area contributed by atoms with E-state index < -0.39 is 11.6 Å². The average Bonchev–Trinajstić information content (AvgIpc) is 3.20. The number of ether oxygens (including phenoxy) is 1. The highest BCUT2D eigenvalue weighted by Gasteiger charge is 2.29. The van der Waals surface area contributed by atoms with Crippen molar-refractivity contribution in [3.63, 3.8) is 0 Å². The van der Waals surface area contributed by atoms with Crippen LogP contribution in [0, 0.1) is 6.92 Å². The maximum absolute atomic E-state index is 13.2. The monoisotopic (exact) mass is 468 g/mol. The Morgan fingerprint density at radius 1 is 1.03 bits per heavy atom. The summed E-state index contributed by atoms with van der Waals surface area (Å²) < 4.78 is 7.59. The number of benzene rings is 3. The molecule has 35 heavy (non-hydrogen) atoms. The predicted molar refractivity (Wildman–Crippen MR) is 137 cm³/mol. The number of fused-ring (bicyclic) bond motifs is 1. The van der Waals surface area contributed by atoms with Crippen LogP contribution in [0.4, 0.5) is 0 Å². The maximum atomic E-state index is 13.2. The number of hydrogen-bond acceptors (Lipinski definition) is 4. The molecule has 3 aromatic carbocycles. The normalized spacial score (nSPS) is 11.7. The third-order valence-corrected chi connectivity index (χ3v) is 5.75. The van der Waals surface area contributed by atoms with Crippen molar-refractivity contribution < 1.29 is 19.4 Å². The Balaban J connectivity index is 1.52. The first-order valence-corrected chi connectivity index (χ1v) is 11.5. The number of nitrogens with zero attached hydrogens (tertiary/aromatic N) is 2. The molecule has 0 aliphatic heterocycles. The van der Waals surface area contributed by atoms with Crippen LogP contribution in [0.1, 0.15) is 47.6 Å². The van der Waals surface area contributed by atoms with Gasteiger partial charge in [0.25, 0.3) is 0 Å². The third kappa shape index (κ3) is 5.49. The Hall–Kier alpha value is -4.19. The highest BCUT2D eigenvalue weighted by Crippen LogP contribution is 2.22. The molecule has 1 aromatic heterocycles. The number of allylic oxidation sites excluding steroid dienone is 1. The molecule has 0 amide bonds. The number of hydrogen-bond donors (Lipinski definition) is 1. The summed E-state index contributed by atoms with van der Waals surface area (Å²) in [5, 5.41) is 9.29. The van der Waals surface area contributed by atoms with Crippen LogP contribution in [-0.4, -0.2) is 32.0 Å². The molecular weight excluding hydrogens is 440 g/mol. The standard InChI is InChI=1S/C29H28N2O4/c1-20-14-16-22(17-15-20)26(32)27-30-24-12-4-5-13-25(24)31(27)18-7-6-9-21-10-8-11-23(19-21)35-29(2,3)28(33)34/h4-6,8-17,19H,7,18H2,1-3H3,(H,33,34)/b9-6+. The number of ketones is 1. The number of carboxylic acids is 1. The van der Waals surface area contributed by atoms with Crippen LogP contribution in [0.3, 0.4) is 0 Å². The first-order valence-electron chi connectivity index (χ1n) is 11.5. The van der Waals surface area contributed by atoms with Gasteiger partial charge in [-0.15, -0.1) is 0 Å². The Morgan fingerprint density at radius 2 is 1.77 bits per heavy atom. The van der Waals surface area contributed by atoms with Gasteiger partial charge < -0.3 is 14.4 Å². The minimum absolute atomic E-state index is 0.101. The van der Waals surface area contributed by atoms with E-state index in [1.54, 1.807) is 12.1 Å². The van der Waals surface area contributed by atoms with Gasteiger partial charge in [0.1, 0.15) is 5.75 Å². The molecule has 0 spiro atoms. The zero-order valence-corrected chi connectivity index (χ0v) is 20.1. The van der Waals surface area contributed by atoms with E-state index in [9.17, 15) is 14.7 Å². The Kier molecular flexibility index (Phi) is 6.82. The summed E-state index contributed by atoms with van der Waals surface area (Å²) in [6.07, 6.45) is 4.66. The topological polar surface area (TPSA) is 81.4 Å². The summed E-state index contributed by atoms with van der Waals surface area (Å²) in [5.74, 6) is -0.209. The van der Waals surface area contributed by atoms with E-state index in [2.05, 4.69) is 4.98 Å². The quantitative estimate of drug-likeness (QED) is 0.308. The smallest absolute Gasteiger partial charge is 0.347 e. The number of rotatable bonds is 9. The fourth-order valence-electron chi connectivity index (χ4n) is 3.75. The number of carbonyl (C=O) groups is 2. The lowest BCUT2D eigenvalue weighted by Crippen LogP contribution is -2.37. The van der Waals surface area contributed by atoms with Gasteiger partial charge in [0.15, 0.2) is 11.4 Å². The highest BCUT2D eigenvalue weighted by atomic mass is 16.5. The number of aliphatic carboxylic acids is 1. The summed E-state index contributed by atoms with van der Waals surface area (Å²) in [6.45, 7) is 5.61. The molecule has 4 aromatic rings. The highest BCUT2D eigenvalue weighted by molar-refractivity contribution is 6.08. The third-order valence-electron chi connectivity index (χ3n) is 5.75. The van der Waals surface area contributed by atoms with Crippen molar-refractivity contribution in [3.8, 4) is 5.75 Å². The molecule has 4 rings (SSSR count). The first-order chi connectivity index (χ1) is 16.7. The lowest BCUT2D eigenvalue weighted by molar-refractivity contribution is -0.152. The molecule has 0 aliphatic rings. The predicted octanol–water partition coefficient (Wildman–Crippen LogP) is 5.92. The minimum Gasteiger partial charge on any atom is -0.478 e. The number of imidazole rings is 1. The molecule has 0 aliphatic carbocycles. The van der Waals surface area contributed by atoms with Crippen LogP contribution < -0.4 is 4.74 Å². The molecule has 6 nitrogen and oxygen atoms in total. The number of carbonyl (C=O) groups excluding carboxylic acids is 1. The summed E-state index contributed by atoms with van der Waals surface area (Å²) in [7, 11) is 0. The SMILES string of the molecule is Cc1ccc(C(=O)c2nc3ccccc3n2CC/C=C/c2cccc(OC(C)(C)C(=O)O)c2)cc1. The lowest BCUT2D eigenvalue weighted by Gasteiger charge is -2.21. The number of aromatic nitrogens is 2. The molecule has 6 heteroatoms. The van der Waals surface area contributed by atoms with Crippen molar-refractivity contribution >= 4 is 28.9 Å². The lowest BCUT2D eigenvalue weighted by atomic mass is 10.1. The number of para-hydroxylation sites is 2. The second-order valence-corrected chi connectivity index (χ2v) is 8.95. The maximum Gasteiger partial charge on any atom is 0.347 e. The molecule has 0 bridgehead atoms. The fraction of sp³-hybridized carbons (Fsp3) is 0.207. The molecule has 0 fully saturated rings. The molecular formula is C29H28N2O4. The van der Waals surface area contributed by atoms with Gasteiger partial charge in [-0.05, 0) is 57.0 Å². The molecule has 0 saturated heterocycles. The van der Waals surface area contributed by atoms with E-state index in [-0.39, 0.29) is 5.78 Å². The minimum atomic E-state index is -1.31. The van der Waals surface area contributed by atoms with E-state index in [4.69, 9.17) is 4.74 Å².